The smallest absolute Gasteiger partial charge is 0.323 e. The van der Waals surface area contributed by atoms with E-state index in [-0.39, 0.29) is 19.1 Å². The van der Waals surface area contributed by atoms with Crippen molar-refractivity contribution in [2.45, 2.75) is 12.8 Å². The third-order valence-electron chi connectivity index (χ3n) is 3.10. The van der Waals surface area contributed by atoms with E-state index in [2.05, 4.69) is 15.9 Å². The minimum absolute atomic E-state index is 0.274. The third-order valence-corrected chi connectivity index (χ3v) is 3.72. The molecular weight excluding hydrogens is 345 g/mol. The highest BCUT2D eigenvalue weighted by Crippen LogP contribution is 2.30. The van der Waals surface area contributed by atoms with Crippen molar-refractivity contribution >= 4 is 27.8 Å². The van der Waals surface area contributed by atoms with Gasteiger partial charge in [-0.1, -0.05) is 0 Å². The summed E-state index contributed by atoms with van der Waals surface area (Å²) >= 11 is 3.14. The third kappa shape index (κ3) is 5.00. The molecule has 1 saturated carbocycles. The number of hydrogen-bond donors (Lipinski definition) is 1. The molecule has 21 heavy (non-hydrogen) atoms. The first-order chi connectivity index (χ1) is 9.95. The Bertz CT molecular complexity index is 548. The zero-order valence-corrected chi connectivity index (χ0v) is 12.8. The Morgan fingerprint density at radius 3 is 2.71 bits per heavy atom. The van der Waals surface area contributed by atoms with Gasteiger partial charge in [0.25, 0.3) is 5.91 Å². The number of ether oxygens (including phenoxy) is 1. The molecule has 0 atom stereocenters. The summed E-state index contributed by atoms with van der Waals surface area (Å²) in [6.07, 6.45) is 2.04. The van der Waals surface area contributed by atoms with Gasteiger partial charge in [0.15, 0.2) is 6.61 Å². The molecule has 5 nitrogen and oxygen atoms in total. The van der Waals surface area contributed by atoms with E-state index in [0.717, 1.165) is 12.8 Å². The lowest BCUT2D eigenvalue weighted by atomic mass is 10.3. The lowest BCUT2D eigenvalue weighted by molar-refractivity contribution is -0.145. The van der Waals surface area contributed by atoms with Crippen LogP contribution in [-0.2, 0) is 9.59 Å². The molecule has 1 aliphatic rings. The molecule has 1 aliphatic carbocycles. The maximum absolute atomic E-state index is 12.9. The van der Waals surface area contributed by atoms with Gasteiger partial charge in [0.2, 0.25) is 0 Å². The summed E-state index contributed by atoms with van der Waals surface area (Å²) in [6.45, 7) is -0.160. The maximum atomic E-state index is 12.9. The van der Waals surface area contributed by atoms with E-state index in [1.165, 1.54) is 23.1 Å². The van der Waals surface area contributed by atoms with Crippen LogP contribution in [0.5, 0.6) is 5.75 Å². The summed E-state index contributed by atoms with van der Waals surface area (Å²) < 4.78 is 18.7. The van der Waals surface area contributed by atoms with Gasteiger partial charge in [0.05, 0.1) is 4.47 Å². The second-order valence-corrected chi connectivity index (χ2v) is 5.83. The van der Waals surface area contributed by atoms with Crippen LogP contribution in [0.15, 0.2) is 22.7 Å². The van der Waals surface area contributed by atoms with Crippen LogP contribution in [0.25, 0.3) is 0 Å². The summed E-state index contributed by atoms with van der Waals surface area (Å²) in [5.41, 5.74) is 0. The molecule has 0 radical (unpaired) electrons. The van der Waals surface area contributed by atoms with Crippen LogP contribution in [0.4, 0.5) is 4.39 Å². The highest BCUT2D eigenvalue weighted by atomic mass is 79.9. The number of nitrogens with zero attached hydrogens (tertiary/aromatic N) is 1. The number of rotatable bonds is 7. The number of aliphatic carboxylic acids is 1. The molecule has 114 valence electrons. The summed E-state index contributed by atoms with van der Waals surface area (Å²) in [6, 6.07) is 3.87. The predicted octanol–water partition coefficient (Wildman–Crippen LogP) is 2.29. The van der Waals surface area contributed by atoms with Gasteiger partial charge < -0.3 is 14.7 Å². The minimum Gasteiger partial charge on any atom is -0.483 e. The molecule has 0 aromatic heterocycles. The molecule has 2 rings (SSSR count). The van der Waals surface area contributed by atoms with E-state index in [0.29, 0.717) is 22.7 Å². The maximum Gasteiger partial charge on any atom is 0.323 e. The number of carbonyl (C=O) groups is 2. The summed E-state index contributed by atoms with van der Waals surface area (Å²) in [4.78, 5) is 24.1. The van der Waals surface area contributed by atoms with Crippen molar-refractivity contribution < 1.29 is 23.8 Å². The Morgan fingerprint density at radius 1 is 1.43 bits per heavy atom. The van der Waals surface area contributed by atoms with Crippen molar-refractivity contribution in [2.75, 3.05) is 19.7 Å². The molecule has 1 aromatic carbocycles. The fourth-order valence-corrected chi connectivity index (χ4v) is 2.32. The van der Waals surface area contributed by atoms with Crippen LogP contribution in [0.3, 0.4) is 0 Å². The zero-order valence-electron chi connectivity index (χ0n) is 11.2. The highest BCUT2D eigenvalue weighted by molar-refractivity contribution is 9.10. The SMILES string of the molecule is O=C(O)CN(CC1CC1)C(=O)COc1ccc(F)cc1Br. The van der Waals surface area contributed by atoms with Gasteiger partial charge in [-0.3, -0.25) is 9.59 Å². The second kappa shape index (κ2) is 6.89. The summed E-state index contributed by atoms with van der Waals surface area (Å²) in [5.74, 6) is -1.12. The van der Waals surface area contributed by atoms with Crippen LogP contribution in [0, 0.1) is 11.7 Å². The van der Waals surface area contributed by atoms with Crippen molar-refractivity contribution in [3.8, 4) is 5.75 Å². The van der Waals surface area contributed by atoms with Crippen molar-refractivity contribution in [1.29, 1.82) is 0 Å². The molecule has 0 heterocycles. The Labute approximate surface area is 129 Å². The van der Waals surface area contributed by atoms with Crippen LogP contribution < -0.4 is 4.74 Å². The van der Waals surface area contributed by atoms with Crippen molar-refractivity contribution in [3.63, 3.8) is 0 Å². The molecule has 0 unspecified atom stereocenters. The standard InChI is InChI=1S/C14H15BrFNO4/c15-11-5-10(16)3-4-12(11)21-8-13(18)17(7-14(19)20)6-9-1-2-9/h3-5,9H,1-2,6-8H2,(H,19,20). The van der Waals surface area contributed by atoms with Crippen LogP contribution in [0.1, 0.15) is 12.8 Å². The van der Waals surface area contributed by atoms with Gasteiger partial charge in [-0.15, -0.1) is 0 Å². The van der Waals surface area contributed by atoms with Gasteiger partial charge >= 0.3 is 5.97 Å². The van der Waals surface area contributed by atoms with Gasteiger partial charge in [-0.05, 0) is 52.9 Å². The molecule has 0 aliphatic heterocycles. The van der Waals surface area contributed by atoms with E-state index in [9.17, 15) is 14.0 Å². The minimum atomic E-state index is -1.05. The Hall–Kier alpha value is -1.63. The Morgan fingerprint density at radius 2 is 2.14 bits per heavy atom. The topological polar surface area (TPSA) is 66.8 Å². The average Bonchev–Trinajstić information content (AvgIpc) is 3.20. The fourth-order valence-electron chi connectivity index (χ4n) is 1.85. The largest absolute Gasteiger partial charge is 0.483 e. The molecule has 7 heteroatoms. The van der Waals surface area contributed by atoms with E-state index >= 15 is 0 Å². The Kier molecular flexibility index (Phi) is 5.17. The number of halogens is 2. The number of carboxylic acids is 1. The first kappa shape index (κ1) is 15.8. The van der Waals surface area contributed by atoms with E-state index in [1.54, 1.807) is 0 Å². The van der Waals surface area contributed by atoms with Crippen LogP contribution in [-0.4, -0.2) is 41.6 Å². The Balaban J connectivity index is 1.92. The molecule has 1 aromatic rings. The normalized spacial score (nSPS) is 13.8. The quantitative estimate of drug-likeness (QED) is 0.810. The van der Waals surface area contributed by atoms with Gasteiger partial charge in [-0.25, -0.2) is 4.39 Å². The molecule has 0 saturated heterocycles. The number of carboxylic acid groups (broad SMARTS) is 1. The van der Waals surface area contributed by atoms with E-state index < -0.39 is 11.8 Å². The summed E-state index contributed by atoms with van der Waals surface area (Å²) in [7, 11) is 0. The predicted molar refractivity (Wildman–Crippen MR) is 76.5 cm³/mol. The number of amides is 1. The monoisotopic (exact) mass is 359 g/mol. The lowest BCUT2D eigenvalue weighted by Gasteiger charge is -2.20. The molecule has 0 bridgehead atoms. The van der Waals surface area contributed by atoms with E-state index in [4.69, 9.17) is 9.84 Å². The highest BCUT2D eigenvalue weighted by Gasteiger charge is 2.28. The van der Waals surface area contributed by atoms with Crippen molar-refractivity contribution in [2.24, 2.45) is 5.92 Å². The van der Waals surface area contributed by atoms with Crippen LogP contribution >= 0.6 is 15.9 Å². The van der Waals surface area contributed by atoms with Gasteiger partial charge in [0, 0.05) is 6.54 Å². The number of hydrogen-bond acceptors (Lipinski definition) is 3. The molecule has 1 fully saturated rings. The fraction of sp³-hybridized carbons (Fsp3) is 0.429. The average molecular weight is 360 g/mol. The second-order valence-electron chi connectivity index (χ2n) is 4.97. The lowest BCUT2D eigenvalue weighted by Crippen LogP contribution is -2.40. The zero-order chi connectivity index (χ0) is 15.4. The first-order valence-corrected chi connectivity index (χ1v) is 7.32. The molecular formula is C14H15BrFNO4. The van der Waals surface area contributed by atoms with Crippen molar-refractivity contribution in [1.82, 2.24) is 4.90 Å². The van der Waals surface area contributed by atoms with Crippen LogP contribution in [0.2, 0.25) is 0 Å². The van der Waals surface area contributed by atoms with E-state index in [1.807, 2.05) is 0 Å². The first-order valence-electron chi connectivity index (χ1n) is 6.53. The van der Waals surface area contributed by atoms with Gasteiger partial charge in [-0.2, -0.15) is 0 Å². The molecule has 0 spiro atoms. The van der Waals surface area contributed by atoms with Gasteiger partial charge in [0.1, 0.15) is 18.1 Å². The summed E-state index contributed by atoms with van der Waals surface area (Å²) in [5, 5.41) is 8.84. The number of carbonyl (C=O) groups excluding carboxylic acids is 1. The molecule has 1 N–H and O–H groups in total. The van der Waals surface area contributed by atoms with Crippen molar-refractivity contribution in [3.05, 3.63) is 28.5 Å². The number of benzene rings is 1. The molecule has 1 amide bonds.